The molecule has 1 aliphatic rings. The molecular formula is C14H14BFN6O. The van der Waals surface area contributed by atoms with E-state index in [1.807, 2.05) is 4.90 Å². The van der Waals surface area contributed by atoms with Crippen LogP contribution in [-0.4, -0.2) is 55.3 Å². The molecule has 0 bridgehead atoms. The second-order valence-corrected chi connectivity index (χ2v) is 4.85. The lowest BCUT2D eigenvalue weighted by atomic mass is 9.97. The van der Waals surface area contributed by atoms with Gasteiger partial charge in [-0.15, -0.1) is 0 Å². The highest BCUT2D eigenvalue weighted by Gasteiger charge is 2.17. The highest BCUT2D eigenvalue weighted by molar-refractivity contribution is 6.32. The molecule has 9 heteroatoms. The van der Waals surface area contributed by atoms with Crippen molar-refractivity contribution >= 4 is 31.3 Å². The summed E-state index contributed by atoms with van der Waals surface area (Å²) in [4.78, 5) is 13.9. The van der Waals surface area contributed by atoms with E-state index in [0.717, 1.165) is 6.20 Å². The zero-order chi connectivity index (χ0) is 16.1. The smallest absolute Gasteiger partial charge is 0.245 e. The number of hydrogen-bond donors (Lipinski definition) is 1. The molecule has 2 radical (unpaired) electrons. The van der Waals surface area contributed by atoms with Crippen molar-refractivity contribution in [3.8, 4) is 0 Å². The molecule has 23 heavy (non-hydrogen) atoms. The fraction of sp³-hybridized carbons (Fsp3) is 0.286. The predicted molar refractivity (Wildman–Crippen MR) is 85.9 cm³/mol. The van der Waals surface area contributed by atoms with Crippen LogP contribution in [0.1, 0.15) is 5.69 Å². The van der Waals surface area contributed by atoms with E-state index in [4.69, 9.17) is 12.6 Å². The molecular weight excluding hydrogens is 298 g/mol. The van der Waals surface area contributed by atoms with Crippen molar-refractivity contribution < 1.29 is 9.13 Å². The summed E-state index contributed by atoms with van der Waals surface area (Å²) in [5.74, 6) is -0.0324. The van der Waals surface area contributed by atoms with Gasteiger partial charge in [-0.05, 0) is 6.07 Å². The summed E-state index contributed by atoms with van der Waals surface area (Å²) in [6.07, 6.45) is 4.19. The molecule has 0 spiro atoms. The standard InChI is InChI=1S/C14H14BFN6O/c15-10-1-2-17-11(7-10)8-19-21-14-18-9-12(16)13(20-14)22-3-5-23-6-4-22/h1-2,7-9H,3-6H2,(H,18,20,21)/b19-8+. The topological polar surface area (TPSA) is 75.5 Å². The number of nitrogens with zero attached hydrogens (tertiary/aromatic N) is 5. The van der Waals surface area contributed by atoms with Crippen molar-refractivity contribution in [2.45, 2.75) is 0 Å². The molecule has 3 rings (SSSR count). The zero-order valence-corrected chi connectivity index (χ0v) is 12.3. The van der Waals surface area contributed by atoms with Gasteiger partial charge in [-0.2, -0.15) is 10.1 Å². The van der Waals surface area contributed by atoms with Crippen molar-refractivity contribution in [2.24, 2.45) is 5.10 Å². The fourth-order valence-corrected chi connectivity index (χ4v) is 2.10. The molecule has 0 aromatic carbocycles. The Morgan fingerprint density at radius 2 is 2.17 bits per heavy atom. The summed E-state index contributed by atoms with van der Waals surface area (Å²) < 4.78 is 19.1. The molecule has 0 aliphatic carbocycles. The predicted octanol–water partition coefficient (Wildman–Crippen LogP) is 0.0871. The molecule has 0 atom stereocenters. The quantitative estimate of drug-likeness (QED) is 0.490. The zero-order valence-electron chi connectivity index (χ0n) is 12.3. The van der Waals surface area contributed by atoms with Crippen LogP contribution in [0.2, 0.25) is 0 Å². The van der Waals surface area contributed by atoms with Crippen LogP contribution in [0.4, 0.5) is 16.2 Å². The number of morpholine rings is 1. The lowest BCUT2D eigenvalue weighted by Gasteiger charge is -2.27. The van der Waals surface area contributed by atoms with Gasteiger partial charge >= 0.3 is 0 Å². The number of ether oxygens (including phenoxy) is 1. The van der Waals surface area contributed by atoms with Crippen molar-refractivity contribution in [3.63, 3.8) is 0 Å². The molecule has 7 nitrogen and oxygen atoms in total. The van der Waals surface area contributed by atoms with Crippen LogP contribution < -0.4 is 15.8 Å². The summed E-state index contributed by atoms with van der Waals surface area (Å²) in [5, 5.41) is 3.99. The average molecular weight is 312 g/mol. The average Bonchev–Trinajstić information content (AvgIpc) is 2.57. The van der Waals surface area contributed by atoms with E-state index in [1.54, 1.807) is 18.3 Å². The Hall–Kier alpha value is -2.55. The third kappa shape index (κ3) is 4.01. The van der Waals surface area contributed by atoms with E-state index in [1.165, 1.54) is 6.21 Å². The van der Waals surface area contributed by atoms with Crippen LogP contribution in [-0.2, 0) is 4.74 Å². The van der Waals surface area contributed by atoms with Gasteiger partial charge in [0.2, 0.25) is 5.95 Å². The summed E-state index contributed by atoms with van der Waals surface area (Å²) in [5.41, 5.74) is 3.84. The van der Waals surface area contributed by atoms with E-state index < -0.39 is 5.82 Å². The molecule has 1 N–H and O–H groups in total. The molecule has 3 heterocycles. The lowest BCUT2D eigenvalue weighted by molar-refractivity contribution is 0.122. The first-order valence-corrected chi connectivity index (χ1v) is 7.08. The number of pyridine rings is 1. The van der Waals surface area contributed by atoms with Crippen molar-refractivity contribution in [1.82, 2.24) is 15.0 Å². The monoisotopic (exact) mass is 312 g/mol. The van der Waals surface area contributed by atoms with E-state index >= 15 is 0 Å². The first-order valence-electron chi connectivity index (χ1n) is 7.08. The summed E-state index contributed by atoms with van der Waals surface area (Å²) >= 11 is 0. The van der Waals surface area contributed by atoms with E-state index in [0.29, 0.717) is 37.5 Å². The maximum atomic E-state index is 13.9. The van der Waals surface area contributed by atoms with Gasteiger partial charge in [0.25, 0.3) is 0 Å². The third-order valence-corrected chi connectivity index (χ3v) is 3.20. The summed E-state index contributed by atoms with van der Waals surface area (Å²) in [6.45, 7) is 2.27. The van der Waals surface area contributed by atoms with Gasteiger partial charge in [-0.3, -0.25) is 4.98 Å². The number of anilines is 2. The number of rotatable bonds is 4. The third-order valence-electron chi connectivity index (χ3n) is 3.20. The maximum absolute atomic E-state index is 13.9. The number of hydrogen-bond acceptors (Lipinski definition) is 7. The molecule has 0 unspecified atom stereocenters. The first-order chi connectivity index (χ1) is 11.2. The van der Waals surface area contributed by atoms with Gasteiger partial charge in [0.05, 0.1) is 31.3 Å². The highest BCUT2D eigenvalue weighted by atomic mass is 19.1. The summed E-state index contributed by atoms with van der Waals surface area (Å²) in [7, 11) is 5.66. The maximum Gasteiger partial charge on any atom is 0.245 e. The van der Waals surface area contributed by atoms with Gasteiger partial charge in [-0.1, -0.05) is 11.5 Å². The van der Waals surface area contributed by atoms with Gasteiger partial charge in [0, 0.05) is 19.3 Å². The highest BCUT2D eigenvalue weighted by Crippen LogP contribution is 2.18. The fourth-order valence-electron chi connectivity index (χ4n) is 2.10. The number of halogens is 1. The lowest BCUT2D eigenvalue weighted by Crippen LogP contribution is -2.37. The molecule has 1 aliphatic heterocycles. The Labute approximate surface area is 134 Å². The van der Waals surface area contributed by atoms with Gasteiger partial charge in [0.1, 0.15) is 7.85 Å². The minimum atomic E-state index is -0.473. The van der Waals surface area contributed by atoms with Crippen LogP contribution in [0.5, 0.6) is 0 Å². The Morgan fingerprint density at radius 1 is 1.35 bits per heavy atom. The van der Waals surface area contributed by atoms with E-state index in [9.17, 15) is 4.39 Å². The van der Waals surface area contributed by atoms with Crippen LogP contribution in [0.25, 0.3) is 0 Å². The van der Waals surface area contributed by atoms with Crippen LogP contribution >= 0.6 is 0 Å². The Bertz CT molecular complexity index is 707. The largest absolute Gasteiger partial charge is 0.378 e. The number of hydrazone groups is 1. The van der Waals surface area contributed by atoms with Gasteiger partial charge in [-0.25, -0.2) is 14.8 Å². The first kappa shape index (κ1) is 15.4. The number of nitrogens with one attached hydrogen (secondary N) is 1. The minimum absolute atomic E-state index is 0.202. The van der Waals surface area contributed by atoms with Crippen LogP contribution in [0.15, 0.2) is 29.6 Å². The molecule has 1 fully saturated rings. The SMILES string of the molecule is [B]c1ccnc(/C=N/Nc2ncc(F)c(N3CCOCC3)n2)c1. The van der Waals surface area contributed by atoms with Gasteiger partial charge in [0.15, 0.2) is 11.6 Å². The minimum Gasteiger partial charge on any atom is -0.378 e. The number of aromatic nitrogens is 3. The molecule has 0 saturated carbocycles. The van der Waals surface area contributed by atoms with Crippen molar-refractivity contribution in [1.29, 1.82) is 0 Å². The van der Waals surface area contributed by atoms with E-state index in [2.05, 4.69) is 25.5 Å². The molecule has 116 valence electrons. The van der Waals surface area contributed by atoms with E-state index in [-0.39, 0.29) is 11.8 Å². The second-order valence-electron chi connectivity index (χ2n) is 4.85. The molecule has 1 saturated heterocycles. The summed E-state index contributed by atoms with van der Waals surface area (Å²) in [6, 6.07) is 3.36. The molecule has 0 amide bonds. The molecule has 2 aromatic rings. The second kappa shape index (κ2) is 7.14. The Morgan fingerprint density at radius 3 is 2.96 bits per heavy atom. The normalized spacial score (nSPS) is 15.1. The Kier molecular flexibility index (Phi) is 4.77. The Balaban J connectivity index is 1.70. The van der Waals surface area contributed by atoms with Crippen LogP contribution in [0, 0.1) is 5.82 Å². The molecule has 2 aromatic heterocycles. The van der Waals surface area contributed by atoms with Crippen LogP contribution in [0.3, 0.4) is 0 Å². The van der Waals surface area contributed by atoms with Crippen molar-refractivity contribution in [3.05, 3.63) is 36.0 Å². The van der Waals surface area contributed by atoms with Crippen molar-refractivity contribution in [2.75, 3.05) is 36.6 Å². The van der Waals surface area contributed by atoms with Gasteiger partial charge < -0.3 is 9.64 Å².